The number of aliphatic carboxylic acids is 1. The Kier molecular flexibility index (Phi) is 3.33. The minimum Gasteiger partial charge on any atom is -0.496 e. The lowest BCUT2D eigenvalue weighted by molar-refractivity contribution is -0.145. The SMILES string of the molecule is COc1cc(C2(C(=O)O)CCCC2C)ccc1C. The van der Waals surface area contributed by atoms with Crippen LogP contribution in [-0.4, -0.2) is 18.2 Å². The number of ether oxygens (including phenoxy) is 1. The largest absolute Gasteiger partial charge is 0.496 e. The topological polar surface area (TPSA) is 46.5 Å². The molecule has 1 aromatic rings. The van der Waals surface area contributed by atoms with Crippen LogP contribution in [0.15, 0.2) is 18.2 Å². The number of hydrogen-bond acceptors (Lipinski definition) is 2. The smallest absolute Gasteiger partial charge is 0.314 e. The highest BCUT2D eigenvalue weighted by Crippen LogP contribution is 2.46. The first kappa shape index (κ1) is 12.9. The van der Waals surface area contributed by atoms with Gasteiger partial charge in [-0.05, 0) is 42.9 Å². The normalized spacial score (nSPS) is 27.2. The summed E-state index contributed by atoms with van der Waals surface area (Å²) in [7, 11) is 1.62. The van der Waals surface area contributed by atoms with Crippen molar-refractivity contribution in [2.75, 3.05) is 7.11 Å². The van der Waals surface area contributed by atoms with Crippen LogP contribution in [-0.2, 0) is 10.2 Å². The van der Waals surface area contributed by atoms with Gasteiger partial charge in [-0.2, -0.15) is 0 Å². The minimum absolute atomic E-state index is 0.169. The molecule has 0 amide bonds. The molecule has 1 aliphatic carbocycles. The average Bonchev–Trinajstić information content (AvgIpc) is 2.73. The number of aryl methyl sites for hydroxylation is 1. The Hall–Kier alpha value is -1.51. The lowest BCUT2D eigenvalue weighted by atomic mass is 9.73. The molecule has 2 rings (SSSR count). The van der Waals surface area contributed by atoms with Gasteiger partial charge in [0.2, 0.25) is 0 Å². The van der Waals surface area contributed by atoms with Crippen molar-refractivity contribution in [3.05, 3.63) is 29.3 Å². The van der Waals surface area contributed by atoms with Crippen molar-refractivity contribution in [3.63, 3.8) is 0 Å². The van der Waals surface area contributed by atoms with E-state index in [0.29, 0.717) is 0 Å². The Morgan fingerprint density at radius 1 is 1.50 bits per heavy atom. The zero-order valence-electron chi connectivity index (χ0n) is 11.2. The van der Waals surface area contributed by atoms with Gasteiger partial charge in [0, 0.05) is 0 Å². The third-order valence-corrected chi connectivity index (χ3v) is 4.35. The van der Waals surface area contributed by atoms with E-state index in [2.05, 4.69) is 0 Å². The van der Waals surface area contributed by atoms with Crippen molar-refractivity contribution >= 4 is 5.97 Å². The Morgan fingerprint density at radius 2 is 2.22 bits per heavy atom. The highest BCUT2D eigenvalue weighted by Gasteiger charge is 2.48. The molecule has 98 valence electrons. The van der Waals surface area contributed by atoms with Gasteiger partial charge in [-0.3, -0.25) is 4.79 Å². The van der Waals surface area contributed by atoms with Crippen LogP contribution < -0.4 is 4.74 Å². The van der Waals surface area contributed by atoms with Crippen LogP contribution in [0.5, 0.6) is 5.75 Å². The highest BCUT2D eigenvalue weighted by atomic mass is 16.5. The zero-order valence-corrected chi connectivity index (χ0v) is 11.2. The maximum absolute atomic E-state index is 11.8. The molecule has 1 aliphatic rings. The van der Waals surface area contributed by atoms with Crippen LogP contribution >= 0.6 is 0 Å². The summed E-state index contributed by atoms with van der Waals surface area (Å²) in [6, 6.07) is 5.78. The van der Waals surface area contributed by atoms with Crippen molar-refractivity contribution in [2.45, 2.75) is 38.5 Å². The fourth-order valence-electron chi connectivity index (χ4n) is 3.15. The summed E-state index contributed by atoms with van der Waals surface area (Å²) < 4.78 is 5.31. The summed E-state index contributed by atoms with van der Waals surface area (Å²) in [5.74, 6) is 0.230. The first-order valence-corrected chi connectivity index (χ1v) is 6.41. The molecule has 1 aromatic carbocycles. The van der Waals surface area contributed by atoms with E-state index < -0.39 is 11.4 Å². The number of carboxylic acids is 1. The molecule has 1 fully saturated rings. The summed E-state index contributed by atoms with van der Waals surface area (Å²) in [6.45, 7) is 4.00. The van der Waals surface area contributed by atoms with Gasteiger partial charge in [-0.25, -0.2) is 0 Å². The Balaban J connectivity index is 2.53. The average molecular weight is 248 g/mol. The molecule has 0 spiro atoms. The van der Waals surface area contributed by atoms with Crippen LogP contribution in [0.4, 0.5) is 0 Å². The van der Waals surface area contributed by atoms with Gasteiger partial charge < -0.3 is 9.84 Å². The molecule has 3 heteroatoms. The second kappa shape index (κ2) is 4.63. The second-order valence-corrected chi connectivity index (χ2v) is 5.25. The maximum atomic E-state index is 11.8. The molecule has 1 N–H and O–H groups in total. The van der Waals surface area contributed by atoms with Gasteiger partial charge in [-0.1, -0.05) is 25.5 Å². The maximum Gasteiger partial charge on any atom is 0.314 e. The quantitative estimate of drug-likeness (QED) is 0.893. The number of hydrogen-bond donors (Lipinski definition) is 1. The van der Waals surface area contributed by atoms with Crippen molar-refractivity contribution in [1.29, 1.82) is 0 Å². The predicted molar refractivity (Wildman–Crippen MR) is 70.1 cm³/mol. The Labute approximate surface area is 108 Å². The predicted octanol–water partition coefficient (Wildman–Crippen LogP) is 3.15. The zero-order chi connectivity index (χ0) is 13.3. The molecule has 2 atom stereocenters. The molecule has 3 nitrogen and oxygen atoms in total. The molecular formula is C15H20O3. The molecule has 0 radical (unpaired) electrons. The molecule has 2 unspecified atom stereocenters. The summed E-state index contributed by atoms with van der Waals surface area (Å²) in [5.41, 5.74) is 1.18. The molecule has 18 heavy (non-hydrogen) atoms. The van der Waals surface area contributed by atoms with Crippen LogP contribution in [0.3, 0.4) is 0 Å². The Morgan fingerprint density at radius 3 is 2.72 bits per heavy atom. The van der Waals surface area contributed by atoms with Crippen LogP contribution in [0.2, 0.25) is 0 Å². The highest BCUT2D eigenvalue weighted by molar-refractivity contribution is 5.82. The van der Waals surface area contributed by atoms with E-state index in [1.165, 1.54) is 0 Å². The van der Waals surface area contributed by atoms with E-state index in [9.17, 15) is 9.90 Å². The van der Waals surface area contributed by atoms with Crippen LogP contribution in [0.25, 0.3) is 0 Å². The van der Waals surface area contributed by atoms with Crippen molar-refractivity contribution < 1.29 is 14.6 Å². The summed E-state index contributed by atoms with van der Waals surface area (Å²) in [6.07, 6.45) is 2.67. The van der Waals surface area contributed by atoms with Crippen LogP contribution in [0, 0.1) is 12.8 Å². The lowest BCUT2D eigenvalue weighted by Crippen LogP contribution is -2.38. The van der Waals surface area contributed by atoms with Crippen molar-refractivity contribution in [3.8, 4) is 5.75 Å². The minimum atomic E-state index is -0.735. The molecule has 0 aromatic heterocycles. The molecule has 0 aliphatic heterocycles. The first-order valence-electron chi connectivity index (χ1n) is 6.41. The number of benzene rings is 1. The summed E-state index contributed by atoms with van der Waals surface area (Å²) >= 11 is 0. The van der Waals surface area contributed by atoms with Gasteiger partial charge in [0.15, 0.2) is 0 Å². The van der Waals surface area contributed by atoms with E-state index >= 15 is 0 Å². The van der Waals surface area contributed by atoms with Gasteiger partial charge in [0.25, 0.3) is 0 Å². The van der Waals surface area contributed by atoms with Gasteiger partial charge >= 0.3 is 5.97 Å². The van der Waals surface area contributed by atoms with E-state index in [4.69, 9.17) is 4.74 Å². The summed E-state index contributed by atoms with van der Waals surface area (Å²) in [5, 5.41) is 9.68. The van der Waals surface area contributed by atoms with Gasteiger partial charge in [0.05, 0.1) is 12.5 Å². The molecular weight excluding hydrogens is 228 g/mol. The number of carbonyl (C=O) groups is 1. The standard InChI is InChI=1S/C15H20O3/c1-10-6-7-12(9-13(10)18-3)15(14(16)17)8-4-5-11(15)2/h6-7,9,11H,4-5,8H2,1-3H3,(H,16,17). The fourth-order valence-corrected chi connectivity index (χ4v) is 3.15. The van der Waals surface area contributed by atoms with Crippen LogP contribution in [0.1, 0.15) is 37.3 Å². The molecule has 0 bridgehead atoms. The van der Waals surface area contributed by atoms with Crippen molar-refractivity contribution in [2.24, 2.45) is 5.92 Å². The molecule has 0 heterocycles. The fraction of sp³-hybridized carbons (Fsp3) is 0.533. The van der Waals surface area contributed by atoms with E-state index in [0.717, 1.165) is 36.1 Å². The third kappa shape index (κ3) is 1.78. The third-order valence-electron chi connectivity index (χ3n) is 4.35. The van der Waals surface area contributed by atoms with Crippen molar-refractivity contribution in [1.82, 2.24) is 0 Å². The number of carboxylic acid groups (broad SMARTS) is 1. The van der Waals surface area contributed by atoms with E-state index in [-0.39, 0.29) is 5.92 Å². The molecule has 0 saturated heterocycles. The number of rotatable bonds is 3. The van der Waals surface area contributed by atoms with Gasteiger partial charge in [-0.15, -0.1) is 0 Å². The summed E-state index contributed by atoms with van der Waals surface area (Å²) in [4.78, 5) is 11.8. The second-order valence-electron chi connectivity index (χ2n) is 5.25. The van der Waals surface area contributed by atoms with E-state index in [1.54, 1.807) is 7.11 Å². The van der Waals surface area contributed by atoms with E-state index in [1.807, 2.05) is 32.0 Å². The number of methoxy groups -OCH3 is 1. The Bertz CT molecular complexity index is 467. The molecule has 1 saturated carbocycles. The first-order chi connectivity index (χ1) is 8.52. The monoisotopic (exact) mass is 248 g/mol. The van der Waals surface area contributed by atoms with Gasteiger partial charge in [0.1, 0.15) is 5.75 Å². The lowest BCUT2D eigenvalue weighted by Gasteiger charge is -2.30.